The van der Waals surface area contributed by atoms with Crippen molar-refractivity contribution < 1.29 is 23.1 Å². The van der Waals surface area contributed by atoms with Gasteiger partial charge in [-0.05, 0) is 51.2 Å². The number of para-hydroxylation sites is 2. The third-order valence-corrected chi connectivity index (χ3v) is 7.23. The Morgan fingerprint density at radius 1 is 0.975 bits per heavy atom. The molecule has 1 aromatic heterocycles. The fraction of sp³-hybridized carbons (Fsp3) is 0.250. The number of nitrogens with one attached hydrogen (secondary N) is 3. The van der Waals surface area contributed by atoms with Crippen molar-refractivity contribution in [1.82, 2.24) is 14.9 Å². The maximum Gasteiger partial charge on any atom is 0.263 e. The second kappa shape index (κ2) is 12.6. The summed E-state index contributed by atoms with van der Waals surface area (Å²) in [7, 11) is -0.844. The van der Waals surface area contributed by atoms with E-state index in [4.69, 9.17) is 4.74 Å². The molecule has 12 heteroatoms. The fourth-order valence-corrected chi connectivity index (χ4v) is 4.66. The normalized spacial score (nSPS) is 11.2. The number of phenolic OH excluding ortho intramolecular Hbond substituents is 1. The second-order valence-corrected chi connectivity index (χ2v) is 10.8. The minimum atomic E-state index is -4.14. The van der Waals surface area contributed by atoms with Crippen LogP contribution in [0, 0.1) is 0 Å². The molecule has 0 aliphatic heterocycles. The number of carbonyl (C=O) groups is 1. The molecule has 4 aromatic rings. The molecule has 0 fully saturated rings. The molecule has 212 valence electrons. The maximum atomic E-state index is 13.4. The molecule has 4 N–H and O–H groups in total. The van der Waals surface area contributed by atoms with Gasteiger partial charge in [0.05, 0.1) is 29.6 Å². The number of carbonyl (C=O) groups excluding carboxylic acids is 1. The van der Waals surface area contributed by atoms with E-state index in [1.165, 1.54) is 31.4 Å². The van der Waals surface area contributed by atoms with Gasteiger partial charge in [-0.25, -0.2) is 18.4 Å². The van der Waals surface area contributed by atoms with Crippen molar-refractivity contribution in [3.8, 4) is 11.5 Å². The third kappa shape index (κ3) is 7.36. The zero-order valence-corrected chi connectivity index (χ0v) is 22.8. The van der Waals surface area contributed by atoms with Crippen LogP contribution in [0.2, 0.25) is 0 Å². The van der Waals surface area contributed by atoms with Crippen molar-refractivity contribution in [2.24, 2.45) is 0 Å². The molecule has 0 radical (unpaired) electrons. The number of nitrogens with zero attached hydrogens (tertiary/aromatic N) is 3. The Balaban J connectivity index is 0.00000441. The zero-order valence-electron chi connectivity index (χ0n) is 22.0. The molecule has 0 saturated carbocycles. The first kappa shape index (κ1) is 30.1. The van der Waals surface area contributed by atoms with Crippen LogP contribution in [0.15, 0.2) is 71.6 Å². The van der Waals surface area contributed by atoms with E-state index >= 15 is 0 Å². The van der Waals surface area contributed by atoms with Crippen LogP contribution in [0.1, 0.15) is 21.3 Å². The molecule has 1 amide bonds. The molecular formula is C28H34N6O5S. The number of sulfonamides is 1. The van der Waals surface area contributed by atoms with Crippen LogP contribution in [-0.4, -0.2) is 61.0 Å². The molecule has 11 nitrogen and oxygen atoms in total. The number of anilines is 4. The van der Waals surface area contributed by atoms with Gasteiger partial charge in [0.25, 0.3) is 10.0 Å². The second-order valence-electron chi connectivity index (χ2n) is 9.14. The molecule has 4 rings (SSSR count). The standard InChI is InChI=1S/C27H30N6O5S.CH4/c1-17(2)33(3)16-25(35)28-18-8-7-9-22(14-18)39(36,37)32-27-26(30-23-10-5-6-11-24(23)31-27)29-19-12-20(34)15-21(13-19)38-4;/h5-15,17,34H,16H2,1-4H3,(H,28,35)(H,29,30)(H,31,32);1H4. The van der Waals surface area contributed by atoms with E-state index in [1.807, 2.05) is 25.8 Å². The van der Waals surface area contributed by atoms with Gasteiger partial charge in [0.2, 0.25) is 5.91 Å². The van der Waals surface area contributed by atoms with E-state index < -0.39 is 10.0 Å². The van der Waals surface area contributed by atoms with Gasteiger partial charge >= 0.3 is 0 Å². The number of rotatable bonds is 10. The average molecular weight is 567 g/mol. The first-order valence-corrected chi connectivity index (χ1v) is 13.6. The first-order chi connectivity index (χ1) is 18.5. The largest absolute Gasteiger partial charge is 0.508 e. The monoisotopic (exact) mass is 566 g/mol. The Bertz CT molecular complexity index is 1610. The van der Waals surface area contributed by atoms with Gasteiger partial charge in [0, 0.05) is 35.6 Å². The van der Waals surface area contributed by atoms with Gasteiger partial charge < -0.3 is 20.5 Å². The molecule has 0 atom stereocenters. The van der Waals surface area contributed by atoms with E-state index in [0.717, 1.165) is 0 Å². The number of aromatic nitrogens is 2. The Labute approximate surface area is 234 Å². The van der Waals surface area contributed by atoms with Crippen molar-refractivity contribution in [2.45, 2.75) is 32.2 Å². The molecule has 1 heterocycles. The molecule has 0 unspecified atom stereocenters. The fourth-order valence-electron chi connectivity index (χ4n) is 3.61. The van der Waals surface area contributed by atoms with Gasteiger partial charge in [0.1, 0.15) is 11.5 Å². The number of benzene rings is 3. The minimum absolute atomic E-state index is 0. The summed E-state index contributed by atoms with van der Waals surface area (Å²) >= 11 is 0. The van der Waals surface area contributed by atoms with Crippen LogP contribution in [0.3, 0.4) is 0 Å². The van der Waals surface area contributed by atoms with Crippen LogP contribution in [0.4, 0.5) is 23.0 Å². The summed E-state index contributed by atoms with van der Waals surface area (Å²) < 4.78 is 34.5. The summed E-state index contributed by atoms with van der Waals surface area (Å²) in [6.07, 6.45) is 0. The highest BCUT2D eigenvalue weighted by Crippen LogP contribution is 2.31. The Hall–Kier alpha value is -4.42. The van der Waals surface area contributed by atoms with Crippen LogP contribution in [-0.2, 0) is 14.8 Å². The minimum Gasteiger partial charge on any atom is -0.508 e. The maximum absolute atomic E-state index is 13.4. The van der Waals surface area contributed by atoms with Gasteiger partial charge in [-0.3, -0.25) is 14.4 Å². The zero-order chi connectivity index (χ0) is 28.2. The number of methoxy groups -OCH3 is 1. The highest BCUT2D eigenvalue weighted by atomic mass is 32.2. The predicted molar refractivity (Wildman–Crippen MR) is 158 cm³/mol. The number of amides is 1. The van der Waals surface area contributed by atoms with Crippen LogP contribution >= 0.6 is 0 Å². The lowest BCUT2D eigenvalue weighted by atomic mass is 10.2. The molecule has 0 aliphatic rings. The highest BCUT2D eigenvalue weighted by molar-refractivity contribution is 7.92. The van der Waals surface area contributed by atoms with Crippen molar-refractivity contribution >= 4 is 50.0 Å². The number of aromatic hydroxyl groups is 1. The van der Waals surface area contributed by atoms with E-state index in [9.17, 15) is 18.3 Å². The van der Waals surface area contributed by atoms with Gasteiger partial charge in [-0.2, -0.15) is 0 Å². The Morgan fingerprint density at radius 2 is 1.65 bits per heavy atom. The number of likely N-dealkylation sites (N-methyl/N-ethyl adjacent to an activating group) is 1. The summed E-state index contributed by atoms with van der Waals surface area (Å²) in [4.78, 5) is 23.2. The van der Waals surface area contributed by atoms with Crippen LogP contribution in [0.25, 0.3) is 11.0 Å². The Kier molecular flexibility index (Phi) is 9.51. The van der Waals surface area contributed by atoms with Crippen molar-refractivity contribution in [3.63, 3.8) is 0 Å². The highest BCUT2D eigenvalue weighted by Gasteiger charge is 2.20. The number of hydrogen-bond donors (Lipinski definition) is 4. The number of ether oxygens (including phenoxy) is 1. The van der Waals surface area contributed by atoms with Crippen LogP contribution in [0.5, 0.6) is 11.5 Å². The first-order valence-electron chi connectivity index (χ1n) is 12.1. The lowest BCUT2D eigenvalue weighted by molar-refractivity contribution is -0.117. The topological polar surface area (TPSA) is 146 Å². The molecule has 40 heavy (non-hydrogen) atoms. The van der Waals surface area contributed by atoms with Gasteiger partial charge in [-0.1, -0.05) is 25.6 Å². The summed E-state index contributed by atoms with van der Waals surface area (Å²) in [5.74, 6) is 0.148. The number of fused-ring (bicyclic) bond motifs is 1. The molecular weight excluding hydrogens is 532 g/mol. The Morgan fingerprint density at radius 3 is 2.30 bits per heavy atom. The molecule has 0 aliphatic carbocycles. The predicted octanol–water partition coefficient (Wildman–Crippen LogP) is 4.80. The quantitative estimate of drug-likeness (QED) is 0.213. The number of phenols is 1. The molecule has 0 spiro atoms. The van der Waals surface area contributed by atoms with Crippen LogP contribution < -0.4 is 20.1 Å². The van der Waals surface area contributed by atoms with Gasteiger partial charge in [-0.15, -0.1) is 0 Å². The lowest BCUT2D eigenvalue weighted by Crippen LogP contribution is -2.34. The molecule has 0 bridgehead atoms. The SMILES string of the molecule is C.COc1cc(O)cc(Nc2nc3ccccc3nc2NS(=O)(=O)c2cccc(NC(=O)CN(C)C(C)C)c2)c1. The van der Waals surface area contributed by atoms with Crippen molar-refractivity contribution in [1.29, 1.82) is 0 Å². The molecule has 0 saturated heterocycles. The van der Waals surface area contributed by atoms with Gasteiger partial charge in [0.15, 0.2) is 11.6 Å². The molecule has 3 aromatic carbocycles. The summed E-state index contributed by atoms with van der Waals surface area (Å²) in [5, 5.41) is 15.8. The van der Waals surface area contributed by atoms with E-state index in [-0.39, 0.29) is 48.2 Å². The lowest BCUT2D eigenvalue weighted by Gasteiger charge is -2.20. The van der Waals surface area contributed by atoms with E-state index in [1.54, 1.807) is 42.5 Å². The smallest absolute Gasteiger partial charge is 0.263 e. The summed E-state index contributed by atoms with van der Waals surface area (Å²) in [5.41, 5.74) is 1.76. The summed E-state index contributed by atoms with van der Waals surface area (Å²) in [6, 6.07) is 17.7. The van der Waals surface area contributed by atoms with Crippen molar-refractivity contribution in [3.05, 3.63) is 66.7 Å². The van der Waals surface area contributed by atoms with Crippen molar-refractivity contribution in [2.75, 3.05) is 36.1 Å². The number of hydrogen-bond acceptors (Lipinski definition) is 9. The van der Waals surface area contributed by atoms with E-state index in [2.05, 4.69) is 25.3 Å². The van der Waals surface area contributed by atoms with E-state index in [0.29, 0.717) is 28.2 Å². The average Bonchev–Trinajstić information content (AvgIpc) is 2.88. The third-order valence-electron chi connectivity index (χ3n) is 5.89. The summed E-state index contributed by atoms with van der Waals surface area (Å²) in [6.45, 7) is 4.11.